The van der Waals surface area contributed by atoms with Gasteiger partial charge in [0.2, 0.25) is 0 Å². The van der Waals surface area contributed by atoms with Crippen LogP contribution in [0.5, 0.6) is 0 Å². The third-order valence-corrected chi connectivity index (χ3v) is 3.16. The molecule has 1 N–H and O–H groups in total. The molecule has 0 heterocycles. The molecule has 2 amide bonds. The minimum absolute atomic E-state index is 0.180. The number of anilines is 1. The zero-order valence-electron chi connectivity index (χ0n) is 9.90. The summed E-state index contributed by atoms with van der Waals surface area (Å²) in [4.78, 5) is 13.8. The largest absolute Gasteiger partial charge is 0.322 e. The van der Waals surface area contributed by atoms with Crippen LogP contribution in [0.1, 0.15) is 19.3 Å². The predicted molar refractivity (Wildman–Crippen MR) is 70.4 cm³/mol. The second-order valence-corrected chi connectivity index (χ2v) is 4.65. The van der Waals surface area contributed by atoms with Crippen molar-refractivity contribution in [2.75, 3.05) is 11.9 Å². The number of nitrogens with one attached hydrogen (secondary N) is 1. The molecule has 0 bridgehead atoms. The van der Waals surface area contributed by atoms with Gasteiger partial charge in [-0.2, -0.15) is 5.26 Å². The number of benzene rings is 1. The molecule has 0 aromatic heterocycles. The first-order valence-corrected chi connectivity index (χ1v) is 6.29. The van der Waals surface area contributed by atoms with Crippen molar-refractivity contribution >= 4 is 23.3 Å². The fourth-order valence-electron chi connectivity index (χ4n) is 1.76. The van der Waals surface area contributed by atoms with E-state index in [2.05, 4.69) is 11.4 Å². The van der Waals surface area contributed by atoms with Gasteiger partial charge in [0.15, 0.2) is 0 Å². The van der Waals surface area contributed by atoms with Crippen LogP contribution in [0.4, 0.5) is 10.5 Å². The van der Waals surface area contributed by atoms with E-state index in [0.717, 1.165) is 12.8 Å². The molecule has 0 aliphatic heterocycles. The Balaban J connectivity index is 2.01. The monoisotopic (exact) mass is 263 g/mol. The Hall–Kier alpha value is -1.73. The first-order chi connectivity index (χ1) is 8.72. The lowest BCUT2D eigenvalue weighted by Gasteiger charge is -2.21. The molecule has 1 aliphatic carbocycles. The zero-order valence-corrected chi connectivity index (χ0v) is 10.7. The number of rotatable bonds is 4. The van der Waals surface area contributed by atoms with Gasteiger partial charge >= 0.3 is 6.03 Å². The van der Waals surface area contributed by atoms with Gasteiger partial charge in [-0.1, -0.05) is 23.7 Å². The Labute approximate surface area is 111 Å². The number of para-hydroxylation sites is 1. The van der Waals surface area contributed by atoms with Gasteiger partial charge in [-0.3, -0.25) is 0 Å². The Morgan fingerprint density at radius 2 is 2.22 bits per heavy atom. The van der Waals surface area contributed by atoms with Gasteiger partial charge in [-0.15, -0.1) is 0 Å². The molecule has 1 aromatic rings. The Morgan fingerprint density at radius 1 is 1.50 bits per heavy atom. The molecular formula is C13H14ClN3O. The number of nitrogens with zero attached hydrogens (tertiary/aromatic N) is 2. The molecule has 94 valence electrons. The fraction of sp³-hybridized carbons (Fsp3) is 0.385. The maximum atomic E-state index is 12.1. The maximum Gasteiger partial charge on any atom is 0.322 e. The van der Waals surface area contributed by atoms with Crippen molar-refractivity contribution in [3.63, 3.8) is 0 Å². The van der Waals surface area contributed by atoms with Crippen molar-refractivity contribution < 1.29 is 4.79 Å². The predicted octanol–water partition coefficient (Wildman–Crippen LogP) is 3.25. The Kier molecular flexibility index (Phi) is 4.06. The van der Waals surface area contributed by atoms with Crippen molar-refractivity contribution in [2.45, 2.75) is 25.3 Å². The third kappa shape index (κ3) is 3.14. The number of nitriles is 1. The SMILES string of the molecule is N#CCCN(C(=O)Nc1ccccc1Cl)C1CC1. The lowest BCUT2D eigenvalue weighted by molar-refractivity contribution is 0.210. The van der Waals surface area contributed by atoms with Crippen molar-refractivity contribution in [3.05, 3.63) is 29.3 Å². The van der Waals surface area contributed by atoms with Crippen molar-refractivity contribution in [3.8, 4) is 6.07 Å². The van der Waals surface area contributed by atoms with Crippen LogP contribution in [0.3, 0.4) is 0 Å². The van der Waals surface area contributed by atoms with Crippen LogP contribution in [0.2, 0.25) is 5.02 Å². The summed E-state index contributed by atoms with van der Waals surface area (Å²) < 4.78 is 0. The third-order valence-electron chi connectivity index (χ3n) is 2.83. The molecule has 0 atom stereocenters. The minimum Gasteiger partial charge on any atom is -0.321 e. The van der Waals surface area contributed by atoms with E-state index in [1.165, 1.54) is 0 Å². The van der Waals surface area contributed by atoms with Gasteiger partial charge in [0.25, 0.3) is 0 Å². The highest BCUT2D eigenvalue weighted by molar-refractivity contribution is 6.33. The van der Waals surface area contributed by atoms with Gasteiger partial charge in [0.1, 0.15) is 0 Å². The summed E-state index contributed by atoms with van der Waals surface area (Å²) in [6, 6.07) is 9.28. The van der Waals surface area contributed by atoms with E-state index >= 15 is 0 Å². The minimum atomic E-state index is -0.180. The van der Waals surface area contributed by atoms with Crippen LogP contribution in [0, 0.1) is 11.3 Å². The molecule has 1 aromatic carbocycles. The maximum absolute atomic E-state index is 12.1. The number of carbonyl (C=O) groups is 1. The second kappa shape index (κ2) is 5.74. The highest BCUT2D eigenvalue weighted by Crippen LogP contribution is 2.28. The van der Waals surface area contributed by atoms with Gasteiger partial charge < -0.3 is 10.2 Å². The zero-order chi connectivity index (χ0) is 13.0. The van der Waals surface area contributed by atoms with Gasteiger partial charge in [-0.25, -0.2) is 4.79 Å². The number of carbonyl (C=O) groups excluding carboxylic acids is 1. The van der Waals surface area contributed by atoms with Gasteiger partial charge in [0.05, 0.1) is 23.2 Å². The van der Waals surface area contributed by atoms with Crippen molar-refractivity contribution in [1.29, 1.82) is 5.26 Å². The summed E-state index contributed by atoms with van der Waals surface area (Å²) in [6.45, 7) is 0.470. The van der Waals surface area contributed by atoms with Crippen LogP contribution >= 0.6 is 11.6 Å². The average Bonchev–Trinajstić information content (AvgIpc) is 3.17. The summed E-state index contributed by atoms with van der Waals surface area (Å²) >= 11 is 5.99. The molecule has 0 saturated heterocycles. The molecule has 1 aliphatic rings. The van der Waals surface area contributed by atoms with E-state index in [0.29, 0.717) is 23.7 Å². The molecule has 0 unspecified atom stereocenters. The van der Waals surface area contributed by atoms with Crippen molar-refractivity contribution in [1.82, 2.24) is 4.90 Å². The molecule has 4 nitrogen and oxygen atoms in total. The van der Waals surface area contributed by atoms with Crippen LogP contribution in [0.25, 0.3) is 0 Å². The average molecular weight is 264 g/mol. The topological polar surface area (TPSA) is 56.1 Å². The molecule has 1 fully saturated rings. The molecule has 0 spiro atoms. The Morgan fingerprint density at radius 3 is 2.83 bits per heavy atom. The highest BCUT2D eigenvalue weighted by Gasteiger charge is 2.32. The summed E-state index contributed by atoms with van der Waals surface area (Å²) in [5, 5.41) is 11.9. The first kappa shape index (κ1) is 12.7. The molecule has 18 heavy (non-hydrogen) atoms. The quantitative estimate of drug-likeness (QED) is 0.907. The second-order valence-electron chi connectivity index (χ2n) is 4.24. The number of amides is 2. The highest BCUT2D eigenvalue weighted by atomic mass is 35.5. The number of urea groups is 1. The lowest BCUT2D eigenvalue weighted by atomic mass is 10.3. The normalized spacial score (nSPS) is 13.8. The fourth-order valence-corrected chi connectivity index (χ4v) is 1.94. The van der Waals surface area contributed by atoms with Crippen LogP contribution in [0.15, 0.2) is 24.3 Å². The lowest BCUT2D eigenvalue weighted by Crippen LogP contribution is -2.37. The van der Waals surface area contributed by atoms with Gasteiger partial charge in [0, 0.05) is 12.6 Å². The van der Waals surface area contributed by atoms with E-state index in [-0.39, 0.29) is 12.1 Å². The van der Waals surface area contributed by atoms with Crippen molar-refractivity contribution in [2.24, 2.45) is 0 Å². The molecular weight excluding hydrogens is 250 g/mol. The smallest absolute Gasteiger partial charge is 0.321 e. The van der Waals surface area contributed by atoms with E-state index < -0.39 is 0 Å². The van der Waals surface area contributed by atoms with E-state index in [1.54, 1.807) is 17.0 Å². The van der Waals surface area contributed by atoms with Crippen LogP contribution < -0.4 is 5.32 Å². The van der Waals surface area contributed by atoms with Gasteiger partial charge in [-0.05, 0) is 25.0 Å². The number of halogens is 1. The van der Waals surface area contributed by atoms with E-state index in [1.807, 2.05) is 12.1 Å². The van der Waals surface area contributed by atoms with Crippen LogP contribution in [-0.2, 0) is 0 Å². The molecule has 1 saturated carbocycles. The van der Waals surface area contributed by atoms with E-state index in [9.17, 15) is 4.79 Å². The number of hydrogen-bond donors (Lipinski definition) is 1. The molecule has 2 rings (SSSR count). The molecule has 0 radical (unpaired) electrons. The first-order valence-electron chi connectivity index (χ1n) is 5.91. The molecule has 5 heteroatoms. The summed E-state index contributed by atoms with van der Waals surface area (Å²) in [5.41, 5.74) is 0.603. The summed E-state index contributed by atoms with van der Waals surface area (Å²) in [7, 11) is 0. The summed E-state index contributed by atoms with van der Waals surface area (Å²) in [5.74, 6) is 0. The Bertz CT molecular complexity index is 479. The standard InChI is InChI=1S/C13H14ClN3O/c14-11-4-1-2-5-12(11)16-13(18)17(9-3-8-15)10-6-7-10/h1-2,4-5,10H,3,6-7,9H2,(H,16,18). The van der Waals surface area contributed by atoms with E-state index in [4.69, 9.17) is 16.9 Å². The van der Waals surface area contributed by atoms with Crippen LogP contribution in [-0.4, -0.2) is 23.5 Å². The summed E-state index contributed by atoms with van der Waals surface area (Å²) in [6.07, 6.45) is 2.38. The number of hydrogen-bond acceptors (Lipinski definition) is 2.